The highest BCUT2D eigenvalue weighted by Gasteiger charge is 2.17. The first-order valence-corrected chi connectivity index (χ1v) is 7.39. The third-order valence-electron chi connectivity index (χ3n) is 3.75. The summed E-state index contributed by atoms with van der Waals surface area (Å²) in [5.41, 5.74) is 1.19. The van der Waals surface area contributed by atoms with Crippen LogP contribution in [0.5, 0.6) is 11.5 Å². The molecule has 0 aliphatic rings. The highest BCUT2D eigenvalue weighted by atomic mass is 19.1. The summed E-state index contributed by atoms with van der Waals surface area (Å²) in [6, 6.07) is 6.93. The monoisotopic (exact) mass is 327 g/mol. The third-order valence-corrected chi connectivity index (χ3v) is 3.75. The molecule has 0 unspecified atom stereocenters. The van der Waals surface area contributed by atoms with E-state index in [0.29, 0.717) is 17.5 Å². The molecule has 24 heavy (non-hydrogen) atoms. The molecule has 0 amide bonds. The summed E-state index contributed by atoms with van der Waals surface area (Å²) >= 11 is 0. The van der Waals surface area contributed by atoms with Crippen LogP contribution >= 0.6 is 0 Å². The largest absolute Gasteiger partial charge is 0.454 e. The molecule has 0 radical (unpaired) electrons. The van der Waals surface area contributed by atoms with Gasteiger partial charge in [0.25, 0.3) is 0 Å². The first kappa shape index (κ1) is 15.9. The first-order valence-electron chi connectivity index (χ1n) is 7.39. The summed E-state index contributed by atoms with van der Waals surface area (Å²) in [7, 11) is 0. The molecule has 0 saturated heterocycles. The smallest absolute Gasteiger partial charge is 0.168 e. The van der Waals surface area contributed by atoms with E-state index >= 15 is 0 Å². The number of allylic oxidation sites excluding steroid dienone is 1. The fourth-order valence-electron chi connectivity index (χ4n) is 2.64. The lowest BCUT2D eigenvalue weighted by molar-refractivity contribution is 0.101. The predicted octanol–water partition coefficient (Wildman–Crippen LogP) is 5.17. The van der Waals surface area contributed by atoms with E-state index < -0.39 is 17.4 Å². The van der Waals surface area contributed by atoms with Gasteiger partial charge in [-0.1, -0.05) is 6.08 Å². The lowest BCUT2D eigenvalue weighted by atomic mass is 10.0. The number of carbonyl (C=O) groups excluding carboxylic acids is 1. The highest BCUT2D eigenvalue weighted by Crippen LogP contribution is 2.35. The minimum Gasteiger partial charge on any atom is -0.454 e. The molecule has 0 aliphatic carbocycles. The molecule has 0 saturated carbocycles. The van der Waals surface area contributed by atoms with Crippen LogP contribution < -0.4 is 4.74 Å². The molecule has 1 N–H and O–H groups in total. The van der Waals surface area contributed by atoms with Gasteiger partial charge in [-0.05, 0) is 37.6 Å². The van der Waals surface area contributed by atoms with Crippen LogP contribution in [0.3, 0.4) is 0 Å². The van der Waals surface area contributed by atoms with E-state index in [2.05, 4.69) is 11.6 Å². The summed E-state index contributed by atoms with van der Waals surface area (Å²) in [5.74, 6) is -1.37. The maximum atomic E-state index is 14.5. The lowest BCUT2D eigenvalue weighted by Crippen LogP contribution is -2.00. The number of ketones is 1. The van der Waals surface area contributed by atoms with Crippen molar-refractivity contribution >= 4 is 16.7 Å². The third kappa shape index (κ3) is 2.80. The van der Waals surface area contributed by atoms with E-state index in [1.54, 1.807) is 12.3 Å². The molecule has 0 atom stereocenters. The number of H-pyrrole nitrogens is 1. The molecule has 3 rings (SSSR count). The van der Waals surface area contributed by atoms with Gasteiger partial charge in [-0.3, -0.25) is 4.79 Å². The van der Waals surface area contributed by atoms with Crippen LogP contribution in [0.15, 0.2) is 49.2 Å². The fourth-order valence-corrected chi connectivity index (χ4v) is 2.64. The summed E-state index contributed by atoms with van der Waals surface area (Å²) in [4.78, 5) is 14.4. The number of carbonyl (C=O) groups is 1. The Morgan fingerprint density at radius 1 is 1.25 bits per heavy atom. The fraction of sp³-hybridized carbons (Fsp3) is 0.105. The van der Waals surface area contributed by atoms with Crippen molar-refractivity contribution in [1.82, 2.24) is 4.98 Å². The molecule has 3 aromatic rings. The van der Waals surface area contributed by atoms with Gasteiger partial charge >= 0.3 is 0 Å². The normalized spacial score (nSPS) is 10.8. The number of ether oxygens (including phenoxy) is 1. The minimum atomic E-state index is -0.636. The van der Waals surface area contributed by atoms with E-state index in [1.807, 2.05) is 6.07 Å². The lowest BCUT2D eigenvalue weighted by Gasteiger charge is -2.13. The molecule has 0 bridgehead atoms. The van der Waals surface area contributed by atoms with Gasteiger partial charge in [0.1, 0.15) is 11.6 Å². The molecule has 0 aliphatic heterocycles. The van der Waals surface area contributed by atoms with Crippen molar-refractivity contribution in [3.8, 4) is 11.5 Å². The van der Waals surface area contributed by atoms with Crippen LogP contribution in [0.4, 0.5) is 8.78 Å². The molecular weight excluding hydrogens is 312 g/mol. The average molecular weight is 327 g/mol. The molecule has 0 spiro atoms. The second-order valence-corrected chi connectivity index (χ2v) is 5.40. The van der Waals surface area contributed by atoms with E-state index in [1.165, 1.54) is 25.1 Å². The van der Waals surface area contributed by atoms with Crippen molar-refractivity contribution in [1.29, 1.82) is 0 Å². The van der Waals surface area contributed by atoms with Gasteiger partial charge in [0.15, 0.2) is 17.3 Å². The number of aromatic nitrogens is 1. The molecule has 1 heterocycles. The van der Waals surface area contributed by atoms with Gasteiger partial charge in [-0.25, -0.2) is 8.78 Å². The number of hydrogen-bond donors (Lipinski definition) is 1. The summed E-state index contributed by atoms with van der Waals surface area (Å²) < 4.78 is 33.8. The number of nitrogens with one attached hydrogen (secondary N) is 1. The van der Waals surface area contributed by atoms with E-state index in [0.717, 1.165) is 11.5 Å². The van der Waals surface area contributed by atoms with Gasteiger partial charge in [0.2, 0.25) is 0 Å². The minimum absolute atomic E-state index is 0.0445. The van der Waals surface area contributed by atoms with Crippen molar-refractivity contribution in [2.75, 3.05) is 0 Å². The molecule has 1 aromatic heterocycles. The van der Waals surface area contributed by atoms with E-state index in [4.69, 9.17) is 4.74 Å². The van der Waals surface area contributed by atoms with Crippen molar-refractivity contribution in [2.24, 2.45) is 0 Å². The van der Waals surface area contributed by atoms with Crippen LogP contribution in [-0.2, 0) is 6.42 Å². The molecule has 5 heteroatoms. The molecule has 2 aromatic carbocycles. The zero-order chi connectivity index (χ0) is 17.3. The maximum Gasteiger partial charge on any atom is 0.168 e. The number of hydrogen-bond acceptors (Lipinski definition) is 2. The number of rotatable bonds is 5. The average Bonchev–Trinajstić information content (AvgIpc) is 3.00. The van der Waals surface area contributed by atoms with Crippen molar-refractivity contribution in [2.45, 2.75) is 13.3 Å². The Kier molecular flexibility index (Phi) is 4.16. The first-order chi connectivity index (χ1) is 11.5. The van der Waals surface area contributed by atoms with Crippen molar-refractivity contribution in [3.05, 3.63) is 71.9 Å². The topological polar surface area (TPSA) is 42.1 Å². The Morgan fingerprint density at radius 3 is 2.75 bits per heavy atom. The molecule has 0 fully saturated rings. The van der Waals surface area contributed by atoms with Gasteiger partial charge < -0.3 is 9.72 Å². The van der Waals surface area contributed by atoms with Crippen LogP contribution in [-0.4, -0.2) is 10.8 Å². The maximum absolute atomic E-state index is 14.5. The van der Waals surface area contributed by atoms with Crippen molar-refractivity contribution < 1.29 is 18.3 Å². The van der Waals surface area contributed by atoms with Gasteiger partial charge in [0.05, 0.1) is 5.56 Å². The summed E-state index contributed by atoms with van der Waals surface area (Å²) in [6.07, 6.45) is 3.77. The standard InChI is InChI=1S/C19H15F2NO2/c1-3-4-14-13-7-8-22-18(13)10-17(21)19(14)24-12-5-6-16(20)15(9-12)11(2)23/h3,5-10,22H,1,4H2,2H3. The quantitative estimate of drug-likeness (QED) is 0.519. The second kappa shape index (κ2) is 6.28. The van der Waals surface area contributed by atoms with Gasteiger partial charge in [0, 0.05) is 28.7 Å². The van der Waals surface area contributed by atoms with Gasteiger partial charge in [-0.15, -0.1) is 6.58 Å². The number of aromatic amines is 1. The van der Waals surface area contributed by atoms with Crippen molar-refractivity contribution in [3.63, 3.8) is 0 Å². The molecule has 122 valence electrons. The van der Waals surface area contributed by atoms with Gasteiger partial charge in [-0.2, -0.15) is 0 Å². The van der Waals surface area contributed by atoms with E-state index in [-0.39, 0.29) is 17.1 Å². The predicted molar refractivity (Wildman–Crippen MR) is 88.6 cm³/mol. The van der Waals surface area contributed by atoms with Crippen LogP contribution in [0, 0.1) is 11.6 Å². The van der Waals surface area contributed by atoms with Crippen LogP contribution in [0.2, 0.25) is 0 Å². The number of benzene rings is 2. The Morgan fingerprint density at radius 2 is 2.04 bits per heavy atom. The van der Waals surface area contributed by atoms with E-state index in [9.17, 15) is 13.6 Å². The Bertz CT molecular complexity index is 944. The SMILES string of the molecule is C=CCc1c(Oc2ccc(F)c(C(C)=O)c2)c(F)cc2[nH]ccc12. The Hall–Kier alpha value is -2.95. The molecule has 3 nitrogen and oxygen atoms in total. The van der Waals surface area contributed by atoms with Crippen LogP contribution in [0.25, 0.3) is 10.9 Å². The van der Waals surface area contributed by atoms with Crippen LogP contribution in [0.1, 0.15) is 22.8 Å². The Labute approximate surface area is 137 Å². The zero-order valence-corrected chi connectivity index (χ0v) is 13.0. The summed E-state index contributed by atoms with van der Waals surface area (Å²) in [5, 5.41) is 0.820. The highest BCUT2D eigenvalue weighted by molar-refractivity contribution is 5.94. The number of Topliss-reactive ketones (excluding diaryl/α,β-unsaturated/α-hetero) is 1. The second-order valence-electron chi connectivity index (χ2n) is 5.40. The number of fused-ring (bicyclic) bond motifs is 1. The zero-order valence-electron chi connectivity index (χ0n) is 13.0. The Balaban J connectivity index is 2.11. The molecular formula is C19H15F2NO2. The summed E-state index contributed by atoms with van der Waals surface area (Å²) in [6.45, 7) is 4.95. The number of halogens is 2.